The lowest BCUT2D eigenvalue weighted by molar-refractivity contribution is 0.324. The summed E-state index contributed by atoms with van der Waals surface area (Å²) in [7, 11) is 0. The number of nitrogen functional groups attached to an aromatic ring is 2. The minimum Gasteiger partial charge on any atom is -0.505 e. The highest BCUT2D eigenvalue weighted by molar-refractivity contribution is 6.55. The Morgan fingerprint density at radius 1 is 0.783 bits per heavy atom. The van der Waals surface area contributed by atoms with E-state index in [9.17, 15) is 5.11 Å². The molecule has 0 radical (unpaired) electrons. The second-order valence-electron chi connectivity index (χ2n) is 3.63. The molecule has 0 unspecified atom stereocenters. The molecule has 0 spiro atoms. The highest BCUT2D eigenvalue weighted by Crippen LogP contribution is 2.47. The standard InChI is InChI=1S/C6HCl5O.C4H8N6O/c7-1-2(8)4(10)6(12)5(11)3(1)9;5-2-8-3(6)10-4(9-2)7-1-11/h12H;11H,1H2,(H5,5,6,7,8,9,10). The zero-order chi connectivity index (χ0) is 17.7. The molecule has 1 aromatic heterocycles. The number of phenolic OH excluding ortho intramolecular Hbond substituents is 1. The Kier molecular flexibility index (Phi) is 7.46. The number of nitrogens with one attached hydrogen (secondary N) is 1. The van der Waals surface area contributed by atoms with Crippen molar-refractivity contribution in [1.29, 1.82) is 0 Å². The first kappa shape index (κ1) is 19.9. The molecule has 0 bridgehead atoms. The van der Waals surface area contributed by atoms with E-state index < -0.39 is 0 Å². The van der Waals surface area contributed by atoms with Gasteiger partial charge in [-0.1, -0.05) is 58.0 Å². The van der Waals surface area contributed by atoms with Crippen molar-refractivity contribution in [3.63, 3.8) is 0 Å². The predicted molar refractivity (Wildman–Crippen MR) is 92.5 cm³/mol. The van der Waals surface area contributed by atoms with Crippen molar-refractivity contribution < 1.29 is 10.2 Å². The van der Waals surface area contributed by atoms with Crippen molar-refractivity contribution in [3.05, 3.63) is 25.1 Å². The molecule has 0 atom stereocenters. The van der Waals surface area contributed by atoms with Crippen LogP contribution in [0.5, 0.6) is 5.75 Å². The van der Waals surface area contributed by atoms with Crippen LogP contribution < -0.4 is 16.8 Å². The third-order valence-corrected chi connectivity index (χ3v) is 4.35. The second-order valence-corrected chi connectivity index (χ2v) is 5.52. The lowest BCUT2D eigenvalue weighted by atomic mass is 10.3. The predicted octanol–water partition coefficient (Wildman–Crippen LogP) is 3.06. The minimum atomic E-state index is -0.363. The number of aliphatic hydroxyl groups excluding tert-OH is 1. The fraction of sp³-hybridized carbons (Fsp3) is 0.100. The summed E-state index contributed by atoms with van der Waals surface area (Å²) in [5.74, 6) is -0.155. The average molecular weight is 422 g/mol. The molecule has 0 saturated heterocycles. The van der Waals surface area contributed by atoms with Gasteiger partial charge in [0.1, 0.15) is 16.8 Å². The first-order valence-electron chi connectivity index (χ1n) is 5.51. The van der Waals surface area contributed by atoms with E-state index in [2.05, 4.69) is 20.3 Å². The van der Waals surface area contributed by atoms with Crippen LogP contribution in [0.3, 0.4) is 0 Å². The van der Waals surface area contributed by atoms with Crippen LogP contribution in [0.15, 0.2) is 0 Å². The van der Waals surface area contributed by atoms with Crippen LogP contribution in [0.4, 0.5) is 17.8 Å². The van der Waals surface area contributed by atoms with Crippen molar-refractivity contribution in [2.75, 3.05) is 23.5 Å². The Hall–Kier alpha value is -1.16. The van der Waals surface area contributed by atoms with Gasteiger partial charge in [0.15, 0.2) is 5.75 Å². The Morgan fingerprint density at radius 2 is 1.17 bits per heavy atom. The van der Waals surface area contributed by atoms with E-state index >= 15 is 0 Å². The summed E-state index contributed by atoms with van der Waals surface area (Å²) in [6.45, 7) is -0.275. The number of phenols is 1. The molecule has 0 aliphatic rings. The zero-order valence-electron chi connectivity index (χ0n) is 11.0. The van der Waals surface area contributed by atoms with Gasteiger partial charge < -0.3 is 27.0 Å². The maximum atomic E-state index is 9.20. The lowest BCUT2D eigenvalue weighted by Gasteiger charge is -2.06. The largest absolute Gasteiger partial charge is 0.505 e. The molecule has 13 heteroatoms. The quantitative estimate of drug-likeness (QED) is 0.282. The van der Waals surface area contributed by atoms with Crippen molar-refractivity contribution in [1.82, 2.24) is 15.0 Å². The first-order valence-corrected chi connectivity index (χ1v) is 7.40. The maximum absolute atomic E-state index is 9.20. The number of halogens is 5. The van der Waals surface area contributed by atoms with Crippen LogP contribution in [-0.4, -0.2) is 31.9 Å². The van der Waals surface area contributed by atoms with Gasteiger partial charge >= 0.3 is 0 Å². The fourth-order valence-corrected chi connectivity index (χ4v) is 2.28. The van der Waals surface area contributed by atoms with Crippen LogP contribution in [-0.2, 0) is 0 Å². The number of nitrogens with zero attached hydrogens (tertiary/aromatic N) is 3. The topological polar surface area (TPSA) is 143 Å². The van der Waals surface area contributed by atoms with Crippen LogP contribution >= 0.6 is 58.0 Å². The molecule has 1 heterocycles. The van der Waals surface area contributed by atoms with Crippen molar-refractivity contribution in [3.8, 4) is 5.75 Å². The van der Waals surface area contributed by atoms with Gasteiger partial charge in [0.25, 0.3) is 0 Å². The molecule has 8 nitrogen and oxygen atoms in total. The Morgan fingerprint density at radius 3 is 1.57 bits per heavy atom. The molecule has 2 aromatic rings. The number of hydrogen-bond donors (Lipinski definition) is 5. The van der Waals surface area contributed by atoms with Crippen molar-refractivity contribution in [2.45, 2.75) is 0 Å². The molecule has 7 N–H and O–H groups in total. The lowest BCUT2D eigenvalue weighted by Crippen LogP contribution is -2.09. The highest BCUT2D eigenvalue weighted by atomic mass is 35.5. The number of benzene rings is 1. The minimum absolute atomic E-state index is 0.00904. The Labute approximate surface area is 155 Å². The van der Waals surface area contributed by atoms with E-state index in [1.54, 1.807) is 0 Å². The van der Waals surface area contributed by atoms with Crippen LogP contribution in [0.2, 0.25) is 25.1 Å². The molecule has 0 amide bonds. The maximum Gasteiger partial charge on any atom is 0.231 e. The van der Waals surface area contributed by atoms with Gasteiger partial charge in [0, 0.05) is 0 Å². The van der Waals surface area contributed by atoms with Crippen LogP contribution in [0, 0.1) is 0 Å². The van der Waals surface area contributed by atoms with Crippen LogP contribution in [0.25, 0.3) is 0 Å². The summed E-state index contributed by atoms with van der Waals surface area (Å²) in [5.41, 5.74) is 10.5. The molecule has 23 heavy (non-hydrogen) atoms. The van der Waals surface area contributed by atoms with Gasteiger partial charge in [-0.05, 0) is 0 Å². The van der Waals surface area contributed by atoms with E-state index in [1.165, 1.54) is 0 Å². The molecule has 0 aliphatic heterocycles. The zero-order valence-corrected chi connectivity index (χ0v) is 14.8. The SMILES string of the molecule is Nc1nc(N)nc(NCO)n1.Oc1c(Cl)c(Cl)c(Cl)c(Cl)c1Cl. The smallest absolute Gasteiger partial charge is 0.231 e. The number of aromatic nitrogens is 3. The number of anilines is 3. The normalized spacial score (nSPS) is 10.0. The monoisotopic (exact) mass is 420 g/mol. The van der Waals surface area contributed by atoms with Gasteiger partial charge in [-0.2, -0.15) is 15.0 Å². The fourth-order valence-electron chi connectivity index (χ4n) is 1.15. The molecular weight excluding hydrogens is 413 g/mol. The van der Waals surface area contributed by atoms with Crippen LogP contribution in [0.1, 0.15) is 0 Å². The number of rotatable bonds is 2. The van der Waals surface area contributed by atoms with E-state index in [0.717, 1.165) is 0 Å². The van der Waals surface area contributed by atoms with E-state index in [0.29, 0.717) is 0 Å². The van der Waals surface area contributed by atoms with E-state index in [-0.39, 0.29) is 55.4 Å². The van der Waals surface area contributed by atoms with Gasteiger partial charge in [-0.25, -0.2) is 0 Å². The van der Waals surface area contributed by atoms with E-state index in [1.807, 2.05) is 0 Å². The number of aromatic hydroxyl groups is 1. The van der Waals surface area contributed by atoms with Gasteiger partial charge in [-0.3, -0.25) is 0 Å². The number of nitrogens with two attached hydrogens (primary N) is 2. The molecule has 1 aromatic carbocycles. The molecule has 0 saturated carbocycles. The summed E-state index contributed by atoms with van der Waals surface area (Å²) in [6, 6.07) is 0. The third kappa shape index (κ3) is 5.17. The Balaban J connectivity index is 0.000000231. The van der Waals surface area contributed by atoms with Crippen molar-refractivity contribution in [2.24, 2.45) is 0 Å². The summed E-state index contributed by atoms with van der Waals surface area (Å²) in [5, 5.41) is 19.8. The summed E-state index contributed by atoms with van der Waals surface area (Å²) in [6.07, 6.45) is 0. The van der Waals surface area contributed by atoms with Gasteiger partial charge in [0.05, 0.1) is 15.1 Å². The van der Waals surface area contributed by atoms with Gasteiger partial charge in [-0.15, -0.1) is 0 Å². The molecule has 126 valence electrons. The molecule has 2 rings (SSSR count). The molecular formula is C10H9Cl5N6O2. The summed E-state index contributed by atoms with van der Waals surface area (Å²) in [4.78, 5) is 10.8. The number of hydrogen-bond acceptors (Lipinski definition) is 8. The summed E-state index contributed by atoms with van der Waals surface area (Å²) < 4.78 is 0. The first-order chi connectivity index (χ1) is 10.7. The van der Waals surface area contributed by atoms with Gasteiger partial charge in [0.2, 0.25) is 17.8 Å². The van der Waals surface area contributed by atoms with Crippen molar-refractivity contribution >= 4 is 75.8 Å². The number of aliphatic hydroxyl groups is 1. The average Bonchev–Trinajstić information content (AvgIpc) is 2.49. The third-order valence-electron chi connectivity index (χ3n) is 2.09. The molecule has 0 aliphatic carbocycles. The highest BCUT2D eigenvalue weighted by Gasteiger charge is 2.18. The summed E-state index contributed by atoms with van der Waals surface area (Å²) >= 11 is 27.9. The second kappa shape index (κ2) is 8.62. The Bertz CT molecular complexity index is 591. The molecule has 0 fully saturated rings. The van der Waals surface area contributed by atoms with E-state index in [4.69, 9.17) is 74.6 Å².